The summed E-state index contributed by atoms with van der Waals surface area (Å²) in [5, 5.41) is 12.2. The van der Waals surface area contributed by atoms with Crippen LogP contribution < -0.4 is 5.32 Å². The first kappa shape index (κ1) is 25.0. The molecule has 2 rings (SSSR count). The number of hydrogen-bond acceptors (Lipinski definition) is 7. The molecule has 0 bridgehead atoms. The summed E-state index contributed by atoms with van der Waals surface area (Å²) in [4.78, 5) is 0. The van der Waals surface area contributed by atoms with E-state index in [1.54, 1.807) is 0 Å². The molecule has 2 aliphatic heterocycles. The number of hydrogen-bond donors (Lipinski definition) is 2. The van der Waals surface area contributed by atoms with Gasteiger partial charge in [0.1, 0.15) is 18.3 Å². The van der Waals surface area contributed by atoms with Crippen molar-refractivity contribution in [3.05, 3.63) is 0 Å². The third kappa shape index (κ3) is 10.0. The predicted molar refractivity (Wildman–Crippen MR) is 112 cm³/mol. The van der Waals surface area contributed by atoms with E-state index in [9.17, 15) is 0 Å². The molecule has 0 amide bonds. The fourth-order valence-corrected chi connectivity index (χ4v) is 3.97. The SMILES string of the molecule is CCCCCCCCCCN[C@H]1CO[C@H]2[C@@H]1OC[C@@H]2OCCOCCOCCO. The second kappa shape index (κ2) is 16.4. The van der Waals surface area contributed by atoms with Crippen molar-refractivity contribution in [1.82, 2.24) is 5.32 Å². The van der Waals surface area contributed by atoms with E-state index in [0.29, 0.717) is 46.2 Å². The molecule has 0 aromatic heterocycles. The summed E-state index contributed by atoms with van der Waals surface area (Å²) in [5.41, 5.74) is 0. The van der Waals surface area contributed by atoms with E-state index in [1.807, 2.05) is 0 Å². The molecule has 2 heterocycles. The Kier molecular flexibility index (Phi) is 14.1. The minimum absolute atomic E-state index is 0.0100. The first-order valence-electron chi connectivity index (χ1n) is 11.7. The van der Waals surface area contributed by atoms with Gasteiger partial charge in [-0.1, -0.05) is 51.9 Å². The van der Waals surface area contributed by atoms with Crippen LogP contribution in [-0.4, -0.2) is 88.9 Å². The molecule has 2 aliphatic rings. The van der Waals surface area contributed by atoms with Crippen LogP contribution in [0.3, 0.4) is 0 Å². The van der Waals surface area contributed by atoms with E-state index in [1.165, 1.54) is 51.4 Å². The van der Waals surface area contributed by atoms with Crippen molar-refractivity contribution >= 4 is 0 Å². The number of fused-ring (bicyclic) bond motifs is 1. The maximum absolute atomic E-state index is 8.62. The first-order valence-corrected chi connectivity index (χ1v) is 11.7. The van der Waals surface area contributed by atoms with Crippen LogP contribution in [0, 0.1) is 0 Å². The smallest absolute Gasteiger partial charge is 0.114 e. The number of nitrogens with one attached hydrogen (secondary N) is 1. The van der Waals surface area contributed by atoms with Crippen molar-refractivity contribution in [3.8, 4) is 0 Å². The summed E-state index contributed by atoms with van der Waals surface area (Å²) in [5.74, 6) is 0. The molecular weight excluding hydrogens is 374 g/mol. The Morgan fingerprint density at radius 2 is 1.45 bits per heavy atom. The van der Waals surface area contributed by atoms with Gasteiger partial charge >= 0.3 is 0 Å². The van der Waals surface area contributed by atoms with Crippen LogP contribution in [-0.2, 0) is 23.7 Å². The molecule has 2 saturated heterocycles. The molecule has 2 N–H and O–H groups in total. The third-order valence-corrected chi connectivity index (χ3v) is 5.61. The second-order valence-electron chi connectivity index (χ2n) is 7.99. The Hall–Kier alpha value is -0.280. The summed E-state index contributed by atoms with van der Waals surface area (Å²) >= 11 is 0. The fraction of sp³-hybridized carbons (Fsp3) is 1.00. The standard InChI is InChI=1S/C22H43NO6/c1-2-3-4-5-6-7-8-9-10-23-19-17-28-22-20(18-29-21(19)22)27-16-15-26-14-13-25-12-11-24/h19-24H,2-18H2,1H3/t19-,20-,21+,22+/m0/s1. The van der Waals surface area contributed by atoms with Gasteiger partial charge in [-0.05, 0) is 13.0 Å². The van der Waals surface area contributed by atoms with Crippen LogP contribution in [0.5, 0.6) is 0 Å². The molecule has 4 atom stereocenters. The van der Waals surface area contributed by atoms with E-state index in [4.69, 9.17) is 28.8 Å². The molecule has 7 heteroatoms. The summed E-state index contributed by atoms with van der Waals surface area (Å²) in [6, 6.07) is 0.276. The lowest BCUT2D eigenvalue weighted by atomic mass is 10.1. The van der Waals surface area contributed by atoms with Gasteiger partial charge in [-0.2, -0.15) is 0 Å². The second-order valence-corrected chi connectivity index (χ2v) is 7.99. The Bertz CT molecular complexity index is 386. The van der Waals surface area contributed by atoms with E-state index >= 15 is 0 Å². The Labute approximate surface area is 176 Å². The molecule has 0 spiro atoms. The van der Waals surface area contributed by atoms with Crippen molar-refractivity contribution in [2.45, 2.75) is 82.6 Å². The minimum Gasteiger partial charge on any atom is -0.394 e. The first-order chi connectivity index (χ1) is 14.4. The molecule has 0 aliphatic carbocycles. The highest BCUT2D eigenvalue weighted by Crippen LogP contribution is 2.28. The Morgan fingerprint density at radius 3 is 2.21 bits per heavy atom. The Morgan fingerprint density at radius 1 is 0.793 bits per heavy atom. The quantitative estimate of drug-likeness (QED) is 0.312. The third-order valence-electron chi connectivity index (χ3n) is 5.61. The predicted octanol–water partition coefficient (Wildman–Crippen LogP) is 2.29. The minimum atomic E-state index is -0.0100. The fourth-order valence-electron chi connectivity index (χ4n) is 3.97. The summed E-state index contributed by atoms with van der Waals surface area (Å²) in [6.07, 6.45) is 10.8. The zero-order valence-corrected chi connectivity index (χ0v) is 18.3. The molecule has 0 saturated carbocycles. The molecule has 0 aromatic carbocycles. The molecule has 172 valence electrons. The van der Waals surface area contributed by atoms with Crippen LogP contribution in [0.4, 0.5) is 0 Å². The molecule has 2 fully saturated rings. The lowest BCUT2D eigenvalue weighted by Crippen LogP contribution is -2.41. The summed E-state index contributed by atoms with van der Waals surface area (Å²) in [7, 11) is 0. The van der Waals surface area contributed by atoms with Gasteiger partial charge in [0.2, 0.25) is 0 Å². The van der Waals surface area contributed by atoms with E-state index in [2.05, 4.69) is 12.2 Å². The largest absolute Gasteiger partial charge is 0.394 e. The van der Waals surface area contributed by atoms with Crippen LogP contribution in [0.15, 0.2) is 0 Å². The van der Waals surface area contributed by atoms with Gasteiger partial charge in [0.15, 0.2) is 0 Å². The average Bonchev–Trinajstić information content (AvgIpc) is 3.32. The highest BCUT2D eigenvalue weighted by atomic mass is 16.6. The lowest BCUT2D eigenvalue weighted by Gasteiger charge is -2.18. The van der Waals surface area contributed by atoms with Gasteiger partial charge in [-0.15, -0.1) is 0 Å². The molecule has 29 heavy (non-hydrogen) atoms. The zero-order chi connectivity index (χ0) is 20.6. The number of aliphatic hydroxyl groups excluding tert-OH is 1. The van der Waals surface area contributed by atoms with E-state index < -0.39 is 0 Å². The average molecular weight is 418 g/mol. The molecule has 0 radical (unpaired) electrons. The van der Waals surface area contributed by atoms with Crippen molar-refractivity contribution < 1.29 is 28.8 Å². The number of unbranched alkanes of at least 4 members (excludes halogenated alkanes) is 7. The zero-order valence-electron chi connectivity index (χ0n) is 18.3. The number of rotatable bonds is 19. The molecule has 0 unspecified atom stereocenters. The van der Waals surface area contributed by atoms with Crippen molar-refractivity contribution in [2.24, 2.45) is 0 Å². The maximum Gasteiger partial charge on any atom is 0.114 e. The van der Waals surface area contributed by atoms with Gasteiger partial charge in [0.05, 0.1) is 58.9 Å². The lowest BCUT2D eigenvalue weighted by molar-refractivity contribution is -0.0550. The van der Waals surface area contributed by atoms with Gasteiger partial charge in [0, 0.05) is 0 Å². The topological polar surface area (TPSA) is 78.4 Å². The van der Waals surface area contributed by atoms with Crippen LogP contribution in [0.2, 0.25) is 0 Å². The maximum atomic E-state index is 8.62. The van der Waals surface area contributed by atoms with Crippen molar-refractivity contribution in [1.29, 1.82) is 0 Å². The van der Waals surface area contributed by atoms with Gasteiger partial charge in [0.25, 0.3) is 0 Å². The molecular formula is C22H43NO6. The molecule has 0 aromatic rings. The normalized spacial score (nSPS) is 26.3. The highest BCUT2D eigenvalue weighted by Gasteiger charge is 2.47. The number of ether oxygens (including phenoxy) is 5. The van der Waals surface area contributed by atoms with Crippen LogP contribution in [0.1, 0.15) is 58.3 Å². The van der Waals surface area contributed by atoms with Gasteiger partial charge in [-0.3, -0.25) is 0 Å². The highest BCUT2D eigenvalue weighted by molar-refractivity contribution is 4.98. The van der Waals surface area contributed by atoms with Crippen LogP contribution >= 0.6 is 0 Å². The van der Waals surface area contributed by atoms with Crippen LogP contribution in [0.25, 0.3) is 0 Å². The van der Waals surface area contributed by atoms with E-state index in [0.717, 1.165) is 6.54 Å². The van der Waals surface area contributed by atoms with E-state index in [-0.39, 0.29) is 31.0 Å². The van der Waals surface area contributed by atoms with Crippen molar-refractivity contribution in [3.63, 3.8) is 0 Å². The van der Waals surface area contributed by atoms with Gasteiger partial charge in [-0.25, -0.2) is 0 Å². The summed E-state index contributed by atoms with van der Waals surface area (Å²) in [6.45, 7) is 7.04. The summed E-state index contributed by atoms with van der Waals surface area (Å²) < 4.78 is 28.4. The van der Waals surface area contributed by atoms with Gasteiger partial charge < -0.3 is 34.1 Å². The van der Waals surface area contributed by atoms with Crippen molar-refractivity contribution in [2.75, 3.05) is 59.4 Å². The Balaban J connectivity index is 1.45. The number of aliphatic hydroxyl groups is 1. The monoisotopic (exact) mass is 417 g/mol. The molecule has 7 nitrogen and oxygen atoms in total.